The standard InChI is InChI=1S/C27H24N2/c1-18-16-24(20-10-6-3-4-7-11-20)22-14-15-23-25(21-12-8-5-9-13-21)17-19(2)29-27(23)26(22)28-18/h3,5-17,23,27H,4H2,1-2H3. The molecular weight excluding hydrogens is 352 g/mol. The third kappa shape index (κ3) is 3.25. The Balaban J connectivity index is 1.65. The second-order valence-corrected chi connectivity index (χ2v) is 7.86. The lowest BCUT2D eigenvalue weighted by Crippen LogP contribution is -2.22. The number of aliphatic imine (C=N–C) groups is 1. The third-order valence-electron chi connectivity index (χ3n) is 5.77. The normalized spacial score (nSPS) is 22.2. The zero-order valence-electron chi connectivity index (χ0n) is 16.8. The zero-order valence-corrected chi connectivity index (χ0v) is 16.8. The minimum absolute atomic E-state index is 0.0276. The highest BCUT2D eigenvalue weighted by Gasteiger charge is 2.34. The molecule has 0 saturated carbocycles. The summed E-state index contributed by atoms with van der Waals surface area (Å²) >= 11 is 0. The van der Waals surface area contributed by atoms with Crippen LogP contribution in [-0.2, 0) is 0 Å². The van der Waals surface area contributed by atoms with Crippen LogP contribution >= 0.6 is 0 Å². The molecule has 142 valence electrons. The lowest BCUT2D eigenvalue weighted by molar-refractivity contribution is 0.602. The van der Waals surface area contributed by atoms with Crippen LogP contribution in [0.1, 0.15) is 47.5 Å². The van der Waals surface area contributed by atoms with Crippen molar-refractivity contribution >= 4 is 22.9 Å². The summed E-state index contributed by atoms with van der Waals surface area (Å²) in [5.41, 5.74) is 9.47. The Hall–Kier alpha value is -3.26. The number of dihydropyridines is 1. The summed E-state index contributed by atoms with van der Waals surface area (Å²) in [6, 6.07) is 12.9. The molecular formula is C27H24N2. The van der Waals surface area contributed by atoms with E-state index in [4.69, 9.17) is 9.98 Å². The number of hydrogen-bond acceptors (Lipinski definition) is 2. The minimum Gasteiger partial charge on any atom is -0.279 e. The van der Waals surface area contributed by atoms with Crippen LogP contribution in [0.2, 0.25) is 0 Å². The van der Waals surface area contributed by atoms with E-state index in [1.54, 1.807) is 0 Å². The maximum atomic E-state index is 5.04. The van der Waals surface area contributed by atoms with Gasteiger partial charge < -0.3 is 0 Å². The van der Waals surface area contributed by atoms with E-state index in [1.807, 2.05) is 0 Å². The van der Waals surface area contributed by atoms with Gasteiger partial charge in [0.25, 0.3) is 0 Å². The summed E-state index contributed by atoms with van der Waals surface area (Å²) in [5.74, 6) is 0.217. The van der Waals surface area contributed by atoms with E-state index in [0.717, 1.165) is 23.5 Å². The molecule has 2 nitrogen and oxygen atoms in total. The van der Waals surface area contributed by atoms with Gasteiger partial charge in [-0.05, 0) is 54.7 Å². The Morgan fingerprint density at radius 1 is 1.00 bits per heavy atom. The van der Waals surface area contributed by atoms with Crippen molar-refractivity contribution in [3.05, 3.63) is 107 Å². The largest absolute Gasteiger partial charge is 0.279 e. The average molecular weight is 377 g/mol. The molecule has 2 heterocycles. The molecule has 29 heavy (non-hydrogen) atoms. The molecule has 2 aromatic rings. The summed E-state index contributed by atoms with van der Waals surface area (Å²) in [4.78, 5) is 10.0. The van der Waals surface area contributed by atoms with Crippen molar-refractivity contribution in [2.24, 2.45) is 10.9 Å². The van der Waals surface area contributed by atoms with E-state index in [-0.39, 0.29) is 12.0 Å². The topological polar surface area (TPSA) is 25.2 Å². The van der Waals surface area contributed by atoms with Gasteiger partial charge in [0.1, 0.15) is 6.04 Å². The summed E-state index contributed by atoms with van der Waals surface area (Å²) in [5, 5.41) is 0. The molecule has 1 aromatic carbocycles. The Morgan fingerprint density at radius 3 is 2.72 bits per heavy atom. The van der Waals surface area contributed by atoms with Crippen molar-refractivity contribution in [2.75, 3.05) is 0 Å². The van der Waals surface area contributed by atoms with Gasteiger partial charge in [-0.2, -0.15) is 0 Å². The number of pyridine rings is 1. The van der Waals surface area contributed by atoms with Gasteiger partial charge in [-0.3, -0.25) is 9.98 Å². The number of benzene rings is 1. The molecule has 2 aliphatic carbocycles. The molecule has 0 amide bonds. The van der Waals surface area contributed by atoms with Crippen LogP contribution in [0.3, 0.4) is 0 Å². The Morgan fingerprint density at radius 2 is 1.86 bits per heavy atom. The van der Waals surface area contributed by atoms with E-state index in [0.29, 0.717) is 0 Å². The van der Waals surface area contributed by atoms with Crippen LogP contribution < -0.4 is 0 Å². The van der Waals surface area contributed by atoms with Crippen molar-refractivity contribution in [2.45, 2.75) is 26.3 Å². The predicted octanol–water partition coefficient (Wildman–Crippen LogP) is 6.53. The Labute approximate surface area is 172 Å². The van der Waals surface area contributed by atoms with Crippen LogP contribution in [0, 0.1) is 12.8 Å². The van der Waals surface area contributed by atoms with Gasteiger partial charge in [0.15, 0.2) is 0 Å². The van der Waals surface area contributed by atoms with Crippen molar-refractivity contribution in [1.29, 1.82) is 0 Å². The van der Waals surface area contributed by atoms with E-state index in [9.17, 15) is 0 Å². The van der Waals surface area contributed by atoms with Crippen LogP contribution in [0.25, 0.3) is 17.2 Å². The van der Waals surface area contributed by atoms with Crippen molar-refractivity contribution in [1.82, 2.24) is 4.98 Å². The first-order valence-electron chi connectivity index (χ1n) is 10.3. The molecule has 0 spiro atoms. The fraction of sp³-hybridized carbons (Fsp3) is 0.185. The monoisotopic (exact) mass is 376 g/mol. The van der Waals surface area contributed by atoms with Gasteiger partial charge in [0.2, 0.25) is 0 Å². The molecule has 2 heteroatoms. The Kier molecular flexibility index (Phi) is 4.48. The molecule has 2 atom stereocenters. The first-order chi connectivity index (χ1) is 14.2. The summed E-state index contributed by atoms with van der Waals surface area (Å²) < 4.78 is 0. The first kappa shape index (κ1) is 17.8. The number of hydrogen-bond donors (Lipinski definition) is 0. The number of nitrogens with zero attached hydrogens (tertiary/aromatic N) is 2. The summed E-state index contributed by atoms with van der Waals surface area (Å²) in [6.45, 7) is 4.18. The van der Waals surface area contributed by atoms with Crippen molar-refractivity contribution in [3.63, 3.8) is 0 Å². The van der Waals surface area contributed by atoms with Crippen LogP contribution in [0.15, 0.2) is 83.9 Å². The van der Waals surface area contributed by atoms with Gasteiger partial charge >= 0.3 is 0 Å². The molecule has 1 aliphatic heterocycles. The maximum absolute atomic E-state index is 5.04. The predicted molar refractivity (Wildman–Crippen MR) is 123 cm³/mol. The molecule has 0 bridgehead atoms. The number of aryl methyl sites for hydroxylation is 1. The highest BCUT2D eigenvalue weighted by atomic mass is 14.9. The lowest BCUT2D eigenvalue weighted by atomic mass is 9.77. The maximum Gasteiger partial charge on any atom is 0.103 e. The van der Waals surface area contributed by atoms with Crippen LogP contribution in [-0.4, -0.2) is 10.7 Å². The number of rotatable bonds is 2. The molecule has 3 aliphatic rings. The van der Waals surface area contributed by atoms with Gasteiger partial charge in [-0.25, -0.2) is 0 Å². The van der Waals surface area contributed by atoms with E-state index in [2.05, 4.69) is 98.9 Å². The zero-order chi connectivity index (χ0) is 19.8. The second-order valence-electron chi connectivity index (χ2n) is 7.86. The fourth-order valence-corrected chi connectivity index (χ4v) is 4.48. The summed E-state index contributed by atoms with van der Waals surface area (Å²) in [7, 11) is 0. The van der Waals surface area contributed by atoms with Gasteiger partial charge in [0, 0.05) is 22.9 Å². The van der Waals surface area contributed by atoms with Gasteiger partial charge in [-0.1, -0.05) is 72.9 Å². The highest BCUT2D eigenvalue weighted by Crippen LogP contribution is 2.45. The van der Waals surface area contributed by atoms with E-state index >= 15 is 0 Å². The van der Waals surface area contributed by atoms with Gasteiger partial charge in [-0.15, -0.1) is 0 Å². The third-order valence-corrected chi connectivity index (χ3v) is 5.77. The first-order valence-corrected chi connectivity index (χ1v) is 10.3. The molecule has 2 unspecified atom stereocenters. The van der Waals surface area contributed by atoms with Crippen molar-refractivity contribution in [3.8, 4) is 0 Å². The second kappa shape index (κ2) is 7.29. The molecule has 1 aromatic heterocycles. The summed E-state index contributed by atoms with van der Waals surface area (Å²) in [6.07, 6.45) is 18.7. The molecule has 0 radical (unpaired) electrons. The number of allylic oxidation sites excluding steroid dienone is 7. The van der Waals surface area contributed by atoms with Crippen LogP contribution in [0.4, 0.5) is 0 Å². The molecule has 0 fully saturated rings. The fourth-order valence-electron chi connectivity index (χ4n) is 4.48. The number of fused-ring (bicyclic) bond motifs is 3. The average Bonchev–Trinajstić information content (AvgIpc) is 3.03. The van der Waals surface area contributed by atoms with Crippen molar-refractivity contribution < 1.29 is 0 Å². The highest BCUT2D eigenvalue weighted by molar-refractivity contribution is 6.02. The van der Waals surface area contributed by atoms with E-state index < -0.39 is 0 Å². The lowest BCUT2D eigenvalue weighted by Gasteiger charge is -2.33. The van der Waals surface area contributed by atoms with Crippen LogP contribution in [0.5, 0.6) is 0 Å². The molecule has 5 rings (SSSR count). The SMILES string of the molecule is CC1=NC2c3nc(C)cc(C4=CC=CCC=C4)c3C=CC2C(c2ccccc2)=C1. The molecule has 0 N–H and O–H groups in total. The van der Waals surface area contributed by atoms with Gasteiger partial charge in [0.05, 0.1) is 5.69 Å². The quantitative estimate of drug-likeness (QED) is 0.585. The Bertz CT molecular complexity index is 1140. The number of aromatic nitrogens is 1. The smallest absolute Gasteiger partial charge is 0.103 e. The van der Waals surface area contributed by atoms with E-state index in [1.165, 1.54) is 27.8 Å². The minimum atomic E-state index is 0.0276. The molecule has 0 saturated heterocycles.